The first-order chi connectivity index (χ1) is 10.5. The minimum atomic E-state index is -0.374. The van der Waals surface area contributed by atoms with Crippen molar-refractivity contribution in [2.45, 2.75) is 6.92 Å². The Hall–Kier alpha value is -3.01. The van der Waals surface area contributed by atoms with Crippen LogP contribution in [-0.2, 0) is 0 Å². The van der Waals surface area contributed by atoms with Gasteiger partial charge in [-0.2, -0.15) is 0 Å². The summed E-state index contributed by atoms with van der Waals surface area (Å²) < 4.78 is 5.63. The number of allylic oxidation sites excluding steroid dienone is 2. The van der Waals surface area contributed by atoms with Gasteiger partial charge in [0.2, 0.25) is 5.43 Å². The van der Waals surface area contributed by atoms with E-state index in [1.165, 1.54) is 6.07 Å². The van der Waals surface area contributed by atoms with Crippen LogP contribution in [0.2, 0.25) is 0 Å². The number of rotatable bonds is 2. The second-order valence-electron chi connectivity index (χ2n) is 5.05. The summed E-state index contributed by atoms with van der Waals surface area (Å²) in [6, 6.07) is 7.79. The Morgan fingerprint density at radius 1 is 1.23 bits per heavy atom. The van der Waals surface area contributed by atoms with E-state index >= 15 is 0 Å². The van der Waals surface area contributed by atoms with Crippen molar-refractivity contribution in [3.05, 3.63) is 64.3 Å². The van der Waals surface area contributed by atoms with Crippen molar-refractivity contribution < 1.29 is 14.6 Å². The standard InChI is InChI=1S/C18H14O4/c1-3-10(2)9-11-7-8-12-17(21)15-13(19)5-4-6-14(15)22-18(12)16(11)20/h3-9,19-20H,1H2,2H3/b10-9+. The highest BCUT2D eigenvalue weighted by atomic mass is 16.4. The maximum atomic E-state index is 12.5. The van der Waals surface area contributed by atoms with E-state index in [1.54, 1.807) is 36.4 Å². The Balaban J connectivity index is 2.44. The van der Waals surface area contributed by atoms with Crippen LogP contribution in [0, 0.1) is 0 Å². The summed E-state index contributed by atoms with van der Waals surface area (Å²) >= 11 is 0. The van der Waals surface area contributed by atoms with Gasteiger partial charge in [-0.15, -0.1) is 0 Å². The fourth-order valence-electron chi connectivity index (χ4n) is 2.37. The van der Waals surface area contributed by atoms with Crippen molar-refractivity contribution in [1.29, 1.82) is 0 Å². The first kappa shape index (κ1) is 13.9. The quantitative estimate of drug-likeness (QED) is 0.554. The van der Waals surface area contributed by atoms with Crippen molar-refractivity contribution in [2.75, 3.05) is 0 Å². The van der Waals surface area contributed by atoms with Crippen LogP contribution in [0.3, 0.4) is 0 Å². The molecule has 4 nitrogen and oxygen atoms in total. The molecule has 0 spiro atoms. The molecule has 1 aromatic heterocycles. The highest BCUT2D eigenvalue weighted by Gasteiger charge is 2.15. The van der Waals surface area contributed by atoms with Crippen molar-refractivity contribution in [3.8, 4) is 11.5 Å². The van der Waals surface area contributed by atoms with Gasteiger partial charge in [0, 0.05) is 5.56 Å². The Kier molecular flexibility index (Phi) is 3.22. The smallest absolute Gasteiger partial charge is 0.204 e. The van der Waals surface area contributed by atoms with Crippen LogP contribution in [0.25, 0.3) is 28.0 Å². The summed E-state index contributed by atoms with van der Waals surface area (Å²) in [5.41, 5.74) is 1.37. The van der Waals surface area contributed by atoms with Crippen LogP contribution in [0.1, 0.15) is 12.5 Å². The van der Waals surface area contributed by atoms with Crippen molar-refractivity contribution in [2.24, 2.45) is 0 Å². The SMILES string of the molecule is C=C/C(C)=C/c1ccc2c(=O)c3c(O)cccc3oc2c1O. The summed E-state index contributed by atoms with van der Waals surface area (Å²) in [6.07, 6.45) is 3.41. The molecule has 110 valence electrons. The largest absolute Gasteiger partial charge is 0.507 e. The van der Waals surface area contributed by atoms with Gasteiger partial charge in [0.15, 0.2) is 11.3 Å². The van der Waals surface area contributed by atoms with Crippen LogP contribution in [-0.4, -0.2) is 10.2 Å². The lowest BCUT2D eigenvalue weighted by atomic mass is 10.1. The van der Waals surface area contributed by atoms with Gasteiger partial charge in [-0.3, -0.25) is 4.79 Å². The maximum Gasteiger partial charge on any atom is 0.204 e. The molecule has 0 saturated heterocycles. The number of hydrogen-bond acceptors (Lipinski definition) is 4. The number of fused-ring (bicyclic) bond motifs is 2. The van der Waals surface area contributed by atoms with E-state index in [4.69, 9.17) is 4.42 Å². The average Bonchev–Trinajstić information content (AvgIpc) is 2.50. The van der Waals surface area contributed by atoms with Crippen molar-refractivity contribution >= 4 is 28.0 Å². The van der Waals surface area contributed by atoms with Crippen molar-refractivity contribution in [1.82, 2.24) is 0 Å². The van der Waals surface area contributed by atoms with E-state index in [1.807, 2.05) is 6.92 Å². The lowest BCUT2D eigenvalue weighted by molar-refractivity contribution is 0.465. The van der Waals surface area contributed by atoms with E-state index < -0.39 is 0 Å². The molecule has 0 aliphatic carbocycles. The van der Waals surface area contributed by atoms with Crippen LogP contribution in [0.5, 0.6) is 11.5 Å². The van der Waals surface area contributed by atoms with E-state index in [-0.39, 0.29) is 38.9 Å². The van der Waals surface area contributed by atoms with Gasteiger partial charge < -0.3 is 14.6 Å². The molecule has 0 bridgehead atoms. The minimum absolute atomic E-state index is 0.105. The van der Waals surface area contributed by atoms with Gasteiger partial charge in [0.1, 0.15) is 16.7 Å². The Bertz CT molecular complexity index is 993. The third-order valence-corrected chi connectivity index (χ3v) is 3.56. The monoisotopic (exact) mass is 294 g/mol. The summed E-state index contributed by atoms with van der Waals surface area (Å²) in [7, 11) is 0. The van der Waals surface area contributed by atoms with Crippen LogP contribution >= 0.6 is 0 Å². The third-order valence-electron chi connectivity index (χ3n) is 3.56. The summed E-state index contributed by atoms with van der Waals surface area (Å²) in [5, 5.41) is 20.5. The number of phenolic OH excluding ortho intramolecular Hbond substituents is 2. The van der Waals surface area contributed by atoms with Gasteiger partial charge in [-0.1, -0.05) is 30.4 Å². The van der Waals surface area contributed by atoms with Crippen molar-refractivity contribution in [3.63, 3.8) is 0 Å². The zero-order chi connectivity index (χ0) is 15.9. The summed E-state index contributed by atoms with van der Waals surface area (Å²) in [6.45, 7) is 5.51. The third kappa shape index (κ3) is 2.05. The molecular formula is C18H14O4. The number of benzene rings is 2. The zero-order valence-electron chi connectivity index (χ0n) is 12.0. The molecule has 0 unspecified atom stereocenters. The molecule has 3 aromatic rings. The molecule has 1 heterocycles. The zero-order valence-corrected chi connectivity index (χ0v) is 12.0. The van der Waals surface area contributed by atoms with Gasteiger partial charge in [-0.25, -0.2) is 0 Å². The first-order valence-corrected chi connectivity index (χ1v) is 6.74. The molecule has 0 atom stereocenters. The number of aromatic hydroxyl groups is 2. The van der Waals surface area contributed by atoms with Crippen LogP contribution in [0.4, 0.5) is 0 Å². The van der Waals surface area contributed by atoms with Gasteiger partial charge in [0.25, 0.3) is 0 Å². The summed E-state index contributed by atoms with van der Waals surface area (Å²) in [4.78, 5) is 12.5. The predicted octanol–water partition coefficient (Wildman–Crippen LogP) is 3.95. The molecule has 2 aromatic carbocycles. The summed E-state index contributed by atoms with van der Waals surface area (Å²) in [5.74, 6) is -0.250. The van der Waals surface area contributed by atoms with Crippen LogP contribution in [0.15, 0.2) is 57.8 Å². The topological polar surface area (TPSA) is 70.7 Å². The molecule has 0 saturated carbocycles. The average molecular weight is 294 g/mol. The Morgan fingerprint density at radius 2 is 2.00 bits per heavy atom. The number of hydrogen-bond donors (Lipinski definition) is 2. The molecule has 0 radical (unpaired) electrons. The molecule has 0 amide bonds. The molecule has 22 heavy (non-hydrogen) atoms. The van der Waals surface area contributed by atoms with Gasteiger partial charge in [-0.05, 0) is 31.2 Å². The van der Waals surface area contributed by atoms with E-state index in [2.05, 4.69) is 6.58 Å². The molecular weight excluding hydrogens is 280 g/mol. The second-order valence-corrected chi connectivity index (χ2v) is 5.05. The Labute approximate surface area is 126 Å². The molecule has 3 rings (SSSR count). The second kappa shape index (κ2) is 5.07. The molecule has 0 aliphatic rings. The molecule has 2 N–H and O–H groups in total. The Morgan fingerprint density at radius 3 is 2.73 bits per heavy atom. The lowest BCUT2D eigenvalue weighted by Gasteiger charge is -2.07. The van der Waals surface area contributed by atoms with E-state index in [0.717, 1.165) is 5.57 Å². The maximum absolute atomic E-state index is 12.5. The first-order valence-electron chi connectivity index (χ1n) is 6.74. The minimum Gasteiger partial charge on any atom is -0.507 e. The molecule has 0 aliphatic heterocycles. The molecule has 4 heteroatoms. The van der Waals surface area contributed by atoms with E-state index in [9.17, 15) is 15.0 Å². The fraction of sp³-hybridized carbons (Fsp3) is 0.0556. The fourth-order valence-corrected chi connectivity index (χ4v) is 2.37. The lowest BCUT2D eigenvalue weighted by Crippen LogP contribution is -2.02. The number of phenols is 2. The normalized spacial score (nSPS) is 12.0. The van der Waals surface area contributed by atoms with Crippen LogP contribution < -0.4 is 5.43 Å². The predicted molar refractivity (Wildman–Crippen MR) is 87.2 cm³/mol. The van der Waals surface area contributed by atoms with Gasteiger partial charge in [0.05, 0.1) is 5.39 Å². The highest BCUT2D eigenvalue weighted by Crippen LogP contribution is 2.32. The highest BCUT2D eigenvalue weighted by molar-refractivity contribution is 5.96. The molecule has 0 fully saturated rings. The van der Waals surface area contributed by atoms with Gasteiger partial charge >= 0.3 is 0 Å². The van der Waals surface area contributed by atoms with E-state index in [0.29, 0.717) is 5.56 Å².